The Labute approximate surface area is 180 Å². The number of methoxy groups -OCH3 is 1. The summed E-state index contributed by atoms with van der Waals surface area (Å²) < 4.78 is 18.3. The lowest BCUT2D eigenvalue weighted by molar-refractivity contribution is -0.132. The third-order valence-corrected chi connectivity index (χ3v) is 5.71. The van der Waals surface area contributed by atoms with Crippen molar-refractivity contribution in [1.29, 1.82) is 0 Å². The number of piperidine rings is 1. The molecule has 2 aromatic carbocycles. The van der Waals surface area contributed by atoms with Crippen LogP contribution < -0.4 is 15.4 Å². The number of benzene rings is 2. The van der Waals surface area contributed by atoms with E-state index in [4.69, 9.17) is 16.3 Å². The van der Waals surface area contributed by atoms with Gasteiger partial charge in [-0.1, -0.05) is 30.7 Å². The van der Waals surface area contributed by atoms with Crippen molar-refractivity contribution in [3.63, 3.8) is 0 Å². The minimum absolute atomic E-state index is 0.0663. The van der Waals surface area contributed by atoms with E-state index in [1.54, 1.807) is 35.2 Å². The average Bonchev–Trinajstić information content (AvgIpc) is 2.73. The number of rotatable bonds is 5. The number of carbonyl (C=O) groups is 2. The summed E-state index contributed by atoms with van der Waals surface area (Å²) in [6.07, 6.45) is 1.09. The van der Waals surface area contributed by atoms with Crippen molar-refractivity contribution in [3.05, 3.63) is 58.9 Å². The van der Waals surface area contributed by atoms with Crippen molar-refractivity contribution >= 4 is 29.2 Å². The molecule has 0 bridgehead atoms. The van der Waals surface area contributed by atoms with Gasteiger partial charge in [-0.25, -0.2) is 9.18 Å². The monoisotopic (exact) mass is 433 g/mol. The fourth-order valence-corrected chi connectivity index (χ4v) is 3.57. The van der Waals surface area contributed by atoms with Gasteiger partial charge in [0.25, 0.3) is 0 Å². The SMILES string of the molecule is COc1ccc(Cl)cc1NC(=O)N1CCC(C)(C(=O)NCc2ccc(F)cc2)CC1. The van der Waals surface area contributed by atoms with Crippen molar-refractivity contribution in [2.45, 2.75) is 26.3 Å². The molecule has 0 spiro atoms. The summed E-state index contributed by atoms with van der Waals surface area (Å²) in [5.41, 5.74) is 0.769. The summed E-state index contributed by atoms with van der Waals surface area (Å²) in [7, 11) is 1.52. The van der Waals surface area contributed by atoms with E-state index in [2.05, 4.69) is 10.6 Å². The van der Waals surface area contributed by atoms with Crippen LogP contribution in [0.2, 0.25) is 5.02 Å². The maximum atomic E-state index is 13.0. The van der Waals surface area contributed by atoms with E-state index in [1.165, 1.54) is 19.2 Å². The minimum atomic E-state index is -0.565. The molecule has 2 N–H and O–H groups in total. The molecule has 0 aliphatic carbocycles. The number of hydrogen-bond donors (Lipinski definition) is 2. The lowest BCUT2D eigenvalue weighted by Crippen LogP contribution is -2.49. The molecular formula is C22H25ClFN3O3. The van der Waals surface area contributed by atoms with E-state index in [0.717, 1.165) is 5.56 Å². The van der Waals surface area contributed by atoms with Crippen molar-refractivity contribution in [2.24, 2.45) is 5.41 Å². The first-order valence-corrected chi connectivity index (χ1v) is 10.1. The zero-order chi connectivity index (χ0) is 21.7. The first kappa shape index (κ1) is 21.9. The Bertz CT molecular complexity index is 912. The van der Waals surface area contributed by atoms with Crippen LogP contribution in [0.1, 0.15) is 25.3 Å². The molecule has 2 aromatic rings. The molecule has 3 rings (SSSR count). The second kappa shape index (κ2) is 9.34. The van der Waals surface area contributed by atoms with Gasteiger partial charge in [0.1, 0.15) is 11.6 Å². The van der Waals surface area contributed by atoms with Crippen LogP contribution in [-0.4, -0.2) is 37.0 Å². The van der Waals surface area contributed by atoms with Crippen LogP contribution in [0.5, 0.6) is 5.75 Å². The molecule has 1 saturated heterocycles. The van der Waals surface area contributed by atoms with Crippen LogP contribution >= 0.6 is 11.6 Å². The van der Waals surface area contributed by atoms with Crippen LogP contribution in [0, 0.1) is 11.2 Å². The summed E-state index contributed by atoms with van der Waals surface area (Å²) in [5, 5.41) is 6.24. The number of urea groups is 1. The molecule has 0 unspecified atom stereocenters. The Hall–Kier alpha value is -2.80. The lowest BCUT2D eigenvalue weighted by atomic mass is 9.79. The quantitative estimate of drug-likeness (QED) is 0.732. The maximum Gasteiger partial charge on any atom is 0.321 e. The van der Waals surface area contributed by atoms with Crippen LogP contribution in [0.3, 0.4) is 0 Å². The molecule has 1 heterocycles. The number of anilines is 1. The predicted octanol–water partition coefficient (Wildman–Crippen LogP) is 4.44. The zero-order valence-corrected chi connectivity index (χ0v) is 17.8. The normalized spacial score (nSPS) is 15.4. The Kier molecular flexibility index (Phi) is 6.82. The number of likely N-dealkylation sites (tertiary alicyclic amines) is 1. The molecule has 6 nitrogen and oxygen atoms in total. The predicted molar refractivity (Wildman–Crippen MR) is 114 cm³/mol. The molecule has 8 heteroatoms. The standard InChI is InChI=1S/C22H25ClFN3O3/c1-22(20(28)25-14-15-3-6-17(24)7-4-15)9-11-27(12-10-22)21(29)26-18-13-16(23)5-8-19(18)30-2/h3-8,13H,9-12,14H2,1-2H3,(H,25,28)(H,26,29). The highest BCUT2D eigenvalue weighted by atomic mass is 35.5. The maximum absolute atomic E-state index is 13.0. The summed E-state index contributed by atoms with van der Waals surface area (Å²) in [6.45, 7) is 3.15. The van der Waals surface area contributed by atoms with E-state index in [9.17, 15) is 14.0 Å². The number of amides is 3. The van der Waals surface area contributed by atoms with Crippen molar-refractivity contribution in [1.82, 2.24) is 10.2 Å². The number of hydrogen-bond acceptors (Lipinski definition) is 3. The van der Waals surface area contributed by atoms with Gasteiger partial charge < -0.3 is 20.3 Å². The van der Waals surface area contributed by atoms with Gasteiger partial charge in [0, 0.05) is 30.1 Å². The van der Waals surface area contributed by atoms with Gasteiger partial charge in [0.15, 0.2) is 0 Å². The molecule has 1 aliphatic rings. The molecule has 30 heavy (non-hydrogen) atoms. The van der Waals surface area contributed by atoms with Crippen molar-refractivity contribution in [2.75, 3.05) is 25.5 Å². The van der Waals surface area contributed by atoms with E-state index in [-0.39, 0.29) is 17.8 Å². The molecule has 160 valence electrons. The smallest absolute Gasteiger partial charge is 0.321 e. The molecule has 0 aromatic heterocycles. The highest BCUT2D eigenvalue weighted by Crippen LogP contribution is 2.32. The Morgan fingerprint density at radius 3 is 2.47 bits per heavy atom. The average molecular weight is 434 g/mol. The van der Waals surface area contributed by atoms with E-state index < -0.39 is 5.41 Å². The highest BCUT2D eigenvalue weighted by molar-refractivity contribution is 6.31. The number of ether oxygens (including phenoxy) is 1. The van der Waals surface area contributed by atoms with Gasteiger partial charge in [0.05, 0.1) is 12.8 Å². The van der Waals surface area contributed by atoms with Gasteiger partial charge in [-0.15, -0.1) is 0 Å². The number of halogens is 2. The van der Waals surface area contributed by atoms with E-state index in [1.807, 2.05) is 6.92 Å². The van der Waals surface area contributed by atoms with Gasteiger partial charge in [-0.2, -0.15) is 0 Å². The third-order valence-electron chi connectivity index (χ3n) is 5.47. The minimum Gasteiger partial charge on any atom is -0.495 e. The van der Waals surface area contributed by atoms with Gasteiger partial charge in [0.2, 0.25) is 5.91 Å². The number of nitrogens with zero attached hydrogens (tertiary/aromatic N) is 1. The lowest BCUT2D eigenvalue weighted by Gasteiger charge is -2.38. The molecular weight excluding hydrogens is 409 g/mol. The number of nitrogens with one attached hydrogen (secondary N) is 2. The summed E-state index contributed by atoms with van der Waals surface area (Å²) in [6, 6.07) is 10.8. The van der Waals surface area contributed by atoms with Crippen LogP contribution in [0.15, 0.2) is 42.5 Å². The third kappa shape index (κ3) is 5.21. The summed E-state index contributed by atoms with van der Waals surface area (Å²) in [5.74, 6) is 0.149. The topological polar surface area (TPSA) is 70.7 Å². The Morgan fingerprint density at radius 2 is 1.83 bits per heavy atom. The summed E-state index contributed by atoms with van der Waals surface area (Å²) >= 11 is 6.01. The molecule has 0 atom stereocenters. The molecule has 3 amide bonds. The zero-order valence-electron chi connectivity index (χ0n) is 17.0. The van der Waals surface area contributed by atoms with Crippen LogP contribution in [-0.2, 0) is 11.3 Å². The number of carbonyl (C=O) groups excluding carboxylic acids is 2. The van der Waals surface area contributed by atoms with Crippen molar-refractivity contribution < 1.29 is 18.7 Å². The largest absolute Gasteiger partial charge is 0.495 e. The fraction of sp³-hybridized carbons (Fsp3) is 0.364. The summed E-state index contributed by atoms with van der Waals surface area (Å²) in [4.78, 5) is 27.0. The molecule has 0 saturated carbocycles. The fourth-order valence-electron chi connectivity index (χ4n) is 3.40. The van der Waals surface area contributed by atoms with Crippen LogP contribution in [0.4, 0.5) is 14.9 Å². The van der Waals surface area contributed by atoms with Gasteiger partial charge in [-0.05, 0) is 48.7 Å². The molecule has 1 aliphatic heterocycles. The van der Waals surface area contributed by atoms with Gasteiger partial charge in [-0.3, -0.25) is 4.79 Å². The first-order chi connectivity index (χ1) is 14.3. The Morgan fingerprint density at radius 1 is 1.17 bits per heavy atom. The highest BCUT2D eigenvalue weighted by Gasteiger charge is 2.38. The second-order valence-electron chi connectivity index (χ2n) is 7.63. The molecule has 0 radical (unpaired) electrons. The van der Waals surface area contributed by atoms with E-state index >= 15 is 0 Å². The second-order valence-corrected chi connectivity index (χ2v) is 8.07. The van der Waals surface area contributed by atoms with Gasteiger partial charge >= 0.3 is 6.03 Å². The van der Waals surface area contributed by atoms with E-state index in [0.29, 0.717) is 48.9 Å². The van der Waals surface area contributed by atoms with Crippen LogP contribution in [0.25, 0.3) is 0 Å². The Balaban J connectivity index is 1.54. The molecule has 1 fully saturated rings. The van der Waals surface area contributed by atoms with Crippen molar-refractivity contribution in [3.8, 4) is 5.75 Å². The first-order valence-electron chi connectivity index (χ1n) is 9.73.